The number of benzene rings is 1. The Hall–Kier alpha value is -1.75. The van der Waals surface area contributed by atoms with Crippen LogP contribution >= 0.6 is 0 Å². The number of anilines is 1. The first-order chi connectivity index (χ1) is 8.61. The lowest BCUT2D eigenvalue weighted by Crippen LogP contribution is -2.28. The summed E-state index contributed by atoms with van der Waals surface area (Å²) in [4.78, 5) is 11.4. The van der Waals surface area contributed by atoms with E-state index in [1.807, 2.05) is 13.8 Å². The van der Waals surface area contributed by atoms with Crippen LogP contribution in [0, 0.1) is 0 Å². The predicted octanol–water partition coefficient (Wildman–Crippen LogP) is 2.24. The van der Waals surface area contributed by atoms with Gasteiger partial charge in [0, 0.05) is 18.3 Å². The van der Waals surface area contributed by atoms with Crippen molar-refractivity contribution in [3.05, 3.63) is 24.3 Å². The minimum Gasteiger partial charge on any atom is -0.497 e. The van der Waals surface area contributed by atoms with Gasteiger partial charge in [0.15, 0.2) is 0 Å². The molecular formula is C13H20N2O3. The van der Waals surface area contributed by atoms with Gasteiger partial charge in [0.25, 0.3) is 0 Å². The molecule has 0 aliphatic heterocycles. The van der Waals surface area contributed by atoms with Gasteiger partial charge in [-0.1, -0.05) is 13.8 Å². The number of carbonyl (C=O) groups excluding carboxylic acids is 1. The second-order valence-electron chi connectivity index (χ2n) is 4.10. The van der Waals surface area contributed by atoms with Gasteiger partial charge in [-0.15, -0.1) is 0 Å². The van der Waals surface area contributed by atoms with Crippen LogP contribution in [0.25, 0.3) is 0 Å². The fourth-order valence-electron chi connectivity index (χ4n) is 1.32. The maximum Gasteiger partial charge on any atom is 0.411 e. The predicted molar refractivity (Wildman–Crippen MR) is 71.1 cm³/mol. The molecule has 1 aromatic rings. The summed E-state index contributed by atoms with van der Waals surface area (Å²) >= 11 is 0. The van der Waals surface area contributed by atoms with Crippen molar-refractivity contribution in [1.29, 1.82) is 0 Å². The first kappa shape index (κ1) is 14.3. The van der Waals surface area contributed by atoms with E-state index in [9.17, 15) is 4.79 Å². The van der Waals surface area contributed by atoms with Crippen LogP contribution in [0.5, 0.6) is 5.75 Å². The Labute approximate surface area is 107 Å². The van der Waals surface area contributed by atoms with E-state index in [2.05, 4.69) is 10.6 Å². The highest BCUT2D eigenvalue weighted by Gasteiger charge is 2.03. The van der Waals surface area contributed by atoms with Crippen LogP contribution in [0.2, 0.25) is 0 Å². The molecule has 0 aliphatic carbocycles. The zero-order chi connectivity index (χ0) is 13.4. The van der Waals surface area contributed by atoms with Crippen LogP contribution in [0.15, 0.2) is 24.3 Å². The zero-order valence-corrected chi connectivity index (χ0v) is 11.0. The maximum atomic E-state index is 11.4. The summed E-state index contributed by atoms with van der Waals surface area (Å²) in [6, 6.07) is 7.45. The molecule has 0 fully saturated rings. The van der Waals surface area contributed by atoms with Crippen molar-refractivity contribution in [2.45, 2.75) is 19.9 Å². The Morgan fingerprint density at radius 2 is 1.94 bits per heavy atom. The lowest BCUT2D eigenvalue weighted by Gasteiger charge is -2.09. The van der Waals surface area contributed by atoms with Crippen LogP contribution < -0.4 is 15.4 Å². The van der Waals surface area contributed by atoms with Gasteiger partial charge in [0.1, 0.15) is 12.4 Å². The van der Waals surface area contributed by atoms with Gasteiger partial charge in [-0.2, -0.15) is 0 Å². The van der Waals surface area contributed by atoms with Crippen molar-refractivity contribution >= 4 is 11.8 Å². The zero-order valence-electron chi connectivity index (χ0n) is 11.0. The second-order valence-corrected chi connectivity index (χ2v) is 4.10. The average molecular weight is 252 g/mol. The van der Waals surface area contributed by atoms with Crippen LogP contribution in [-0.4, -0.2) is 32.4 Å². The van der Waals surface area contributed by atoms with Crippen molar-refractivity contribution in [3.8, 4) is 5.75 Å². The summed E-state index contributed by atoms with van der Waals surface area (Å²) in [6.45, 7) is 5.07. The van der Waals surface area contributed by atoms with Crippen LogP contribution in [-0.2, 0) is 4.74 Å². The van der Waals surface area contributed by atoms with Gasteiger partial charge >= 0.3 is 6.09 Å². The third-order valence-corrected chi connectivity index (χ3v) is 2.22. The molecule has 0 spiro atoms. The van der Waals surface area contributed by atoms with Gasteiger partial charge in [-0.3, -0.25) is 5.32 Å². The molecule has 0 radical (unpaired) electrons. The molecule has 0 aliphatic rings. The van der Waals surface area contributed by atoms with E-state index in [0.29, 0.717) is 24.9 Å². The number of amides is 1. The van der Waals surface area contributed by atoms with Gasteiger partial charge in [-0.05, 0) is 24.3 Å². The SMILES string of the molecule is COc1ccc(NC(=O)OCCNC(C)C)cc1. The highest BCUT2D eigenvalue weighted by molar-refractivity contribution is 5.84. The molecule has 5 heteroatoms. The van der Waals surface area contributed by atoms with E-state index in [-0.39, 0.29) is 0 Å². The fourth-order valence-corrected chi connectivity index (χ4v) is 1.32. The maximum absolute atomic E-state index is 11.4. The van der Waals surface area contributed by atoms with Crippen LogP contribution in [0.3, 0.4) is 0 Å². The van der Waals surface area contributed by atoms with Crippen molar-refractivity contribution < 1.29 is 14.3 Å². The molecule has 0 atom stereocenters. The molecule has 0 saturated carbocycles. The third kappa shape index (κ3) is 5.54. The molecule has 1 amide bonds. The van der Waals surface area contributed by atoms with Crippen molar-refractivity contribution in [2.75, 3.05) is 25.6 Å². The standard InChI is InChI=1S/C13H20N2O3/c1-10(2)14-8-9-18-13(16)15-11-4-6-12(17-3)7-5-11/h4-7,10,14H,8-9H2,1-3H3,(H,15,16). The molecule has 5 nitrogen and oxygen atoms in total. The number of hydrogen-bond acceptors (Lipinski definition) is 4. The Balaban J connectivity index is 2.26. The largest absolute Gasteiger partial charge is 0.497 e. The van der Waals surface area contributed by atoms with Gasteiger partial charge < -0.3 is 14.8 Å². The van der Waals surface area contributed by atoms with Crippen molar-refractivity contribution in [2.24, 2.45) is 0 Å². The van der Waals surface area contributed by atoms with Gasteiger partial charge in [-0.25, -0.2) is 4.79 Å². The van der Waals surface area contributed by atoms with E-state index in [1.54, 1.807) is 31.4 Å². The van der Waals surface area contributed by atoms with E-state index in [1.165, 1.54) is 0 Å². The summed E-state index contributed by atoms with van der Waals surface area (Å²) in [7, 11) is 1.60. The van der Waals surface area contributed by atoms with Gasteiger partial charge in [0.05, 0.1) is 7.11 Å². The molecule has 2 N–H and O–H groups in total. The van der Waals surface area contributed by atoms with Gasteiger partial charge in [0.2, 0.25) is 0 Å². The molecule has 0 unspecified atom stereocenters. The van der Waals surface area contributed by atoms with E-state index >= 15 is 0 Å². The van der Waals surface area contributed by atoms with Crippen molar-refractivity contribution in [1.82, 2.24) is 5.32 Å². The molecular weight excluding hydrogens is 232 g/mol. The van der Waals surface area contributed by atoms with Crippen molar-refractivity contribution in [3.63, 3.8) is 0 Å². The first-order valence-corrected chi connectivity index (χ1v) is 5.93. The highest BCUT2D eigenvalue weighted by atomic mass is 16.5. The molecule has 18 heavy (non-hydrogen) atoms. The van der Waals surface area contributed by atoms with E-state index < -0.39 is 6.09 Å². The smallest absolute Gasteiger partial charge is 0.411 e. The Kier molecular flexibility index (Phi) is 6.00. The molecule has 1 rings (SSSR count). The molecule has 100 valence electrons. The minimum absolute atomic E-state index is 0.347. The number of hydrogen-bond donors (Lipinski definition) is 2. The molecule has 1 aromatic carbocycles. The summed E-state index contributed by atoms with van der Waals surface area (Å²) < 4.78 is 10.0. The van der Waals surface area contributed by atoms with E-state index in [4.69, 9.17) is 9.47 Å². The average Bonchev–Trinajstić information content (AvgIpc) is 2.35. The molecule has 0 aromatic heterocycles. The fraction of sp³-hybridized carbons (Fsp3) is 0.462. The van der Waals surface area contributed by atoms with E-state index in [0.717, 1.165) is 5.75 Å². The quantitative estimate of drug-likeness (QED) is 0.762. The number of carbonyl (C=O) groups is 1. The summed E-state index contributed by atoms with van der Waals surface area (Å²) in [5, 5.41) is 5.80. The summed E-state index contributed by atoms with van der Waals surface area (Å²) in [5.74, 6) is 0.745. The minimum atomic E-state index is -0.453. The number of nitrogens with one attached hydrogen (secondary N) is 2. The Bertz CT molecular complexity index is 363. The number of rotatable bonds is 6. The number of ether oxygens (including phenoxy) is 2. The third-order valence-electron chi connectivity index (χ3n) is 2.22. The summed E-state index contributed by atoms with van der Waals surface area (Å²) in [6.07, 6.45) is -0.453. The van der Waals surface area contributed by atoms with Crippen LogP contribution in [0.4, 0.5) is 10.5 Å². The second kappa shape index (κ2) is 7.55. The van der Waals surface area contributed by atoms with Crippen LogP contribution in [0.1, 0.15) is 13.8 Å². The first-order valence-electron chi connectivity index (χ1n) is 5.93. The highest BCUT2D eigenvalue weighted by Crippen LogP contribution is 2.14. The lowest BCUT2D eigenvalue weighted by atomic mass is 10.3. The molecule has 0 heterocycles. The Morgan fingerprint density at radius 3 is 2.50 bits per heavy atom. The lowest BCUT2D eigenvalue weighted by molar-refractivity contribution is 0.161. The summed E-state index contributed by atoms with van der Waals surface area (Å²) in [5.41, 5.74) is 0.678. The molecule has 0 bridgehead atoms. The molecule has 0 saturated heterocycles. The topological polar surface area (TPSA) is 59.6 Å². The number of methoxy groups -OCH3 is 1. The normalized spacial score (nSPS) is 10.2. The Morgan fingerprint density at radius 1 is 1.28 bits per heavy atom. The monoisotopic (exact) mass is 252 g/mol.